The van der Waals surface area contributed by atoms with E-state index in [1.54, 1.807) is 0 Å². The monoisotopic (exact) mass is 356 g/mol. The Balaban J connectivity index is 1.74. The van der Waals surface area contributed by atoms with E-state index in [1.807, 2.05) is 11.0 Å². The maximum Gasteiger partial charge on any atom is 0.227 e. The number of piperidine rings is 1. The molecule has 0 N–H and O–H groups in total. The molecule has 0 spiro atoms. The molecule has 1 aromatic carbocycles. The Bertz CT molecular complexity index is 752. The van der Waals surface area contributed by atoms with Crippen molar-refractivity contribution >= 4 is 16.9 Å². The molecule has 0 bridgehead atoms. The van der Waals surface area contributed by atoms with E-state index in [-0.39, 0.29) is 12.0 Å². The Hall–Kier alpha value is -1.88. The second-order valence-electron chi connectivity index (χ2n) is 7.55. The van der Waals surface area contributed by atoms with Gasteiger partial charge in [0.1, 0.15) is 5.82 Å². The van der Waals surface area contributed by atoms with Crippen molar-refractivity contribution in [3.8, 4) is 0 Å². The number of carbonyl (C=O) groups excluding carboxylic acids is 1. The smallest absolute Gasteiger partial charge is 0.227 e. The summed E-state index contributed by atoms with van der Waals surface area (Å²) < 4.78 is 2.30. The normalized spacial score (nSPS) is 18.6. The lowest BCUT2D eigenvalue weighted by Gasteiger charge is -2.36. The summed E-state index contributed by atoms with van der Waals surface area (Å²) in [5, 5.41) is 0. The molecule has 1 aromatic heterocycles. The molecule has 0 aliphatic carbocycles. The Morgan fingerprint density at radius 1 is 1.31 bits per heavy atom. The average Bonchev–Trinajstić information content (AvgIpc) is 2.99. The second-order valence-corrected chi connectivity index (χ2v) is 7.55. The van der Waals surface area contributed by atoms with Crippen molar-refractivity contribution in [3.05, 3.63) is 30.1 Å². The Kier molecular flexibility index (Phi) is 5.97. The number of amides is 1. The lowest BCUT2D eigenvalue weighted by molar-refractivity contribution is -0.139. The molecule has 1 aliphatic heterocycles. The highest BCUT2D eigenvalue weighted by atomic mass is 16.2. The number of imidazole rings is 1. The number of aryl methyl sites for hydroxylation is 1. The zero-order valence-corrected chi connectivity index (χ0v) is 16.6. The minimum atomic E-state index is 0.116. The van der Waals surface area contributed by atoms with E-state index in [1.165, 1.54) is 5.52 Å². The minimum absolute atomic E-state index is 0.116. The highest BCUT2D eigenvalue weighted by Gasteiger charge is 2.30. The third-order valence-electron chi connectivity index (χ3n) is 5.52. The molecule has 5 heteroatoms. The number of nitrogens with zero attached hydrogens (tertiary/aromatic N) is 4. The van der Waals surface area contributed by atoms with Crippen LogP contribution in [0.25, 0.3) is 11.0 Å². The fraction of sp³-hybridized carbons (Fsp3) is 0.619. The van der Waals surface area contributed by atoms with Crippen LogP contribution in [-0.4, -0.2) is 50.9 Å². The third kappa shape index (κ3) is 3.78. The van der Waals surface area contributed by atoms with Crippen molar-refractivity contribution in [2.45, 2.75) is 59.7 Å². The molecular weight excluding hydrogens is 324 g/mol. The van der Waals surface area contributed by atoms with Gasteiger partial charge in [0, 0.05) is 25.7 Å². The van der Waals surface area contributed by atoms with E-state index in [0.29, 0.717) is 5.91 Å². The molecule has 0 saturated carbocycles. The summed E-state index contributed by atoms with van der Waals surface area (Å²) >= 11 is 0. The van der Waals surface area contributed by atoms with Gasteiger partial charge in [-0.05, 0) is 59.2 Å². The summed E-state index contributed by atoms with van der Waals surface area (Å²) in [4.78, 5) is 22.2. The van der Waals surface area contributed by atoms with Gasteiger partial charge in [-0.2, -0.15) is 0 Å². The summed E-state index contributed by atoms with van der Waals surface area (Å²) in [6.45, 7) is 12.9. The highest BCUT2D eigenvalue weighted by molar-refractivity contribution is 5.79. The summed E-state index contributed by atoms with van der Waals surface area (Å²) in [7, 11) is 0. The molecule has 1 saturated heterocycles. The van der Waals surface area contributed by atoms with Gasteiger partial charge in [-0.25, -0.2) is 4.98 Å². The zero-order valence-electron chi connectivity index (χ0n) is 16.6. The van der Waals surface area contributed by atoms with Gasteiger partial charge in [-0.3, -0.25) is 9.69 Å². The number of hydrogen-bond acceptors (Lipinski definition) is 3. The number of fused-ring (bicyclic) bond motifs is 1. The number of para-hydroxylation sites is 2. The van der Waals surface area contributed by atoms with E-state index in [0.717, 1.165) is 56.9 Å². The van der Waals surface area contributed by atoms with Crippen molar-refractivity contribution in [1.82, 2.24) is 19.4 Å². The summed E-state index contributed by atoms with van der Waals surface area (Å²) in [6, 6.07) is 8.60. The second kappa shape index (κ2) is 8.21. The van der Waals surface area contributed by atoms with Gasteiger partial charge in [-0.15, -0.1) is 0 Å². The summed E-state index contributed by atoms with van der Waals surface area (Å²) in [6.07, 6.45) is 2.08. The van der Waals surface area contributed by atoms with Gasteiger partial charge in [0.05, 0.1) is 23.5 Å². The largest absolute Gasteiger partial charge is 0.340 e. The van der Waals surface area contributed by atoms with Gasteiger partial charge >= 0.3 is 0 Å². The number of likely N-dealkylation sites (tertiary alicyclic amines) is 1. The van der Waals surface area contributed by atoms with Crippen LogP contribution < -0.4 is 0 Å². The van der Waals surface area contributed by atoms with Crippen LogP contribution in [0.1, 0.15) is 46.4 Å². The topological polar surface area (TPSA) is 41.4 Å². The Morgan fingerprint density at radius 3 is 2.77 bits per heavy atom. The molecule has 1 fully saturated rings. The van der Waals surface area contributed by atoms with E-state index in [2.05, 4.69) is 55.4 Å². The number of hydrogen-bond donors (Lipinski definition) is 0. The highest BCUT2D eigenvalue weighted by Crippen LogP contribution is 2.23. The molecule has 0 unspecified atom stereocenters. The van der Waals surface area contributed by atoms with Gasteiger partial charge in [0.2, 0.25) is 5.91 Å². The molecule has 1 aliphatic rings. The van der Waals surface area contributed by atoms with Gasteiger partial charge < -0.3 is 9.47 Å². The Labute approximate surface area is 157 Å². The number of rotatable bonds is 6. The van der Waals surface area contributed by atoms with Crippen LogP contribution >= 0.6 is 0 Å². The SMILES string of the molecule is CCN(C(=O)[C@H]1CCCN(Cc2nc3ccccc3n2CC)C1)C(C)C. The van der Waals surface area contributed by atoms with Crippen LogP contribution in [-0.2, 0) is 17.9 Å². The third-order valence-corrected chi connectivity index (χ3v) is 5.52. The van der Waals surface area contributed by atoms with Crippen molar-refractivity contribution in [2.24, 2.45) is 5.92 Å². The minimum Gasteiger partial charge on any atom is -0.340 e. The van der Waals surface area contributed by atoms with Gasteiger partial charge in [0.15, 0.2) is 0 Å². The standard InChI is InChI=1S/C21H32N4O/c1-5-24(16(3)4)21(26)17-10-9-13-23(14-17)15-20-22-18-11-7-8-12-19(18)25(20)6-2/h7-8,11-12,16-17H,5-6,9-10,13-15H2,1-4H3/t17-/m0/s1. The van der Waals surface area contributed by atoms with Crippen molar-refractivity contribution in [3.63, 3.8) is 0 Å². The van der Waals surface area contributed by atoms with E-state index >= 15 is 0 Å². The van der Waals surface area contributed by atoms with Crippen LogP contribution in [0.4, 0.5) is 0 Å². The van der Waals surface area contributed by atoms with Crippen LogP contribution in [0.15, 0.2) is 24.3 Å². The molecular formula is C21H32N4O. The van der Waals surface area contributed by atoms with Gasteiger partial charge in [0.25, 0.3) is 0 Å². The molecule has 142 valence electrons. The predicted molar refractivity (Wildman–Crippen MR) is 106 cm³/mol. The first-order valence-corrected chi connectivity index (χ1v) is 10.0. The quantitative estimate of drug-likeness (QED) is 0.795. The molecule has 26 heavy (non-hydrogen) atoms. The first-order chi connectivity index (χ1) is 12.5. The predicted octanol–water partition coefficient (Wildman–Crippen LogP) is 3.53. The van der Waals surface area contributed by atoms with Crippen molar-refractivity contribution in [2.75, 3.05) is 19.6 Å². The van der Waals surface area contributed by atoms with Crippen LogP contribution in [0.5, 0.6) is 0 Å². The maximum atomic E-state index is 12.9. The molecule has 2 aromatic rings. The van der Waals surface area contributed by atoms with Crippen LogP contribution in [0.3, 0.4) is 0 Å². The fourth-order valence-electron chi connectivity index (χ4n) is 4.21. The first-order valence-electron chi connectivity index (χ1n) is 10.0. The molecule has 3 rings (SSSR count). The number of aromatic nitrogens is 2. The Morgan fingerprint density at radius 2 is 2.08 bits per heavy atom. The van der Waals surface area contributed by atoms with E-state index in [4.69, 9.17) is 4.98 Å². The maximum absolute atomic E-state index is 12.9. The summed E-state index contributed by atoms with van der Waals surface area (Å²) in [5.74, 6) is 1.54. The lowest BCUT2D eigenvalue weighted by atomic mass is 9.96. The van der Waals surface area contributed by atoms with Crippen LogP contribution in [0, 0.1) is 5.92 Å². The fourth-order valence-corrected chi connectivity index (χ4v) is 4.21. The molecule has 1 atom stereocenters. The average molecular weight is 357 g/mol. The van der Waals surface area contributed by atoms with Crippen LogP contribution in [0.2, 0.25) is 0 Å². The zero-order chi connectivity index (χ0) is 18.7. The molecule has 1 amide bonds. The van der Waals surface area contributed by atoms with E-state index in [9.17, 15) is 4.79 Å². The molecule has 2 heterocycles. The number of carbonyl (C=O) groups is 1. The first kappa shape index (κ1) is 18.9. The molecule has 5 nitrogen and oxygen atoms in total. The summed E-state index contributed by atoms with van der Waals surface area (Å²) in [5.41, 5.74) is 2.26. The van der Waals surface area contributed by atoms with E-state index < -0.39 is 0 Å². The van der Waals surface area contributed by atoms with Crippen molar-refractivity contribution < 1.29 is 4.79 Å². The molecule has 0 radical (unpaired) electrons. The number of benzene rings is 1. The van der Waals surface area contributed by atoms with Gasteiger partial charge in [-0.1, -0.05) is 12.1 Å². The lowest BCUT2D eigenvalue weighted by Crippen LogP contribution is -2.47. The van der Waals surface area contributed by atoms with Crippen molar-refractivity contribution in [1.29, 1.82) is 0 Å².